The number of hydrogen-bond acceptors (Lipinski definition) is 18. The molecule has 7 amide bonds. The third-order valence-corrected chi connectivity index (χ3v) is 13.9. The van der Waals surface area contributed by atoms with Gasteiger partial charge in [0.1, 0.15) is 48.2 Å². The Labute approximate surface area is 546 Å². The number of ether oxygens (including phenoxy) is 4. The normalized spacial score (nSPS) is 12.7. The molecule has 88 heavy (non-hydrogen) atoms. The molecule has 0 bridgehead atoms. The standard InChI is InChI=1S/C55H97N11O19S.V.W.H2/c1-58-45(65-57)19-13-11-9-7-5-3-2-4-6-8-10-12-14-20-50(72)66-86(81)37-17-21-48(70)62-42(53(75)76)23-26-47(69)60-29-31-82-33-35-84-39-51(73)61-30-32-83-34-36-85-40-52(74)64-44(55(79)80)24-27-49(71)63-43(54(77)78)22-25-46(68)59-28-16-15-18-41(56)38-67;;;/h41-44,56H,2-37,39-40,57H2,1H3,(H,58,65)(H,59,68)(H,60,69)(H,61,73)(H,62,70)(H,63,71)(H,64,74)(H,66,72)(H,75,76)(H,77,78)(H,79,80);;;1H/q-2;;;/t41-,42-,43-,44?,86?;;;/m0.../s1. The molecule has 2 unspecified atom stereocenters. The van der Waals surface area contributed by atoms with Crippen LogP contribution in [0.15, 0.2) is 4.99 Å². The predicted octanol–water partition coefficient (Wildman–Crippen LogP) is 1.30. The molecule has 30 nitrogen and oxygen atoms in total. The number of nitrogens with one attached hydrogen (secondary N) is 9. The van der Waals surface area contributed by atoms with Crippen LogP contribution in [-0.4, -0.2) is 200 Å². The molecule has 33 heteroatoms. The van der Waals surface area contributed by atoms with Crippen molar-refractivity contribution in [2.45, 2.75) is 191 Å². The molecule has 0 saturated carbocycles. The minimum absolute atomic E-state index is 0. The molecule has 0 aromatic heterocycles. The molecule has 507 valence electrons. The number of carboxylic acids is 3. The zero-order valence-corrected chi connectivity index (χ0v) is 56.0. The van der Waals surface area contributed by atoms with Gasteiger partial charge in [-0.25, -0.2) is 30.5 Å². The summed E-state index contributed by atoms with van der Waals surface area (Å²) in [6.45, 7) is -0.0321. The van der Waals surface area contributed by atoms with E-state index < -0.39 is 102 Å². The van der Waals surface area contributed by atoms with Gasteiger partial charge in [0.2, 0.25) is 41.4 Å². The number of unbranched alkanes of at least 4 members (excludes halogenated alkanes) is 13. The van der Waals surface area contributed by atoms with Crippen LogP contribution in [0.1, 0.15) is 168 Å². The van der Waals surface area contributed by atoms with Gasteiger partial charge >= 0.3 is 17.9 Å². The van der Waals surface area contributed by atoms with E-state index in [2.05, 4.69) is 47.0 Å². The minimum Gasteiger partial charge on any atom is -0.698 e. The van der Waals surface area contributed by atoms with Crippen LogP contribution in [0.25, 0.3) is 5.73 Å². The first-order valence-corrected chi connectivity index (χ1v) is 31.0. The summed E-state index contributed by atoms with van der Waals surface area (Å²) in [7, 11) is 0.0599. The SMILES string of the molecule is CN=C(CCCCCCCCCCCCCCCC(=O)NS(=O)CCCC(=O)N[C@@H](CCC(=O)NCCOCCOCC(=O)NCCOCCOCC(=O)NC(CCC(=O)N[C@@H](CCC(=O)NCCCC[C@H]([NH-])[C-]=O)C(=O)O)C(=O)O)C(=O)O)NN.[HH].[V].[W]. The number of hydrogen-bond donors (Lipinski definition) is 12. The number of carbonyl (C=O) groups excluding carboxylic acids is 8. The summed E-state index contributed by atoms with van der Waals surface area (Å²) in [6.07, 6.45) is 17.0. The number of aliphatic carboxylic acids is 3. The zero-order chi connectivity index (χ0) is 64.0. The van der Waals surface area contributed by atoms with Crippen molar-refractivity contribution in [1.29, 1.82) is 0 Å². The maximum absolute atomic E-state index is 12.4. The summed E-state index contributed by atoms with van der Waals surface area (Å²) in [6, 6.07) is -5.20. The Morgan fingerprint density at radius 3 is 1.33 bits per heavy atom. The fourth-order valence-corrected chi connectivity index (χ4v) is 8.88. The maximum atomic E-state index is 12.4. The quantitative estimate of drug-likeness (QED) is 0.0102. The van der Waals surface area contributed by atoms with Gasteiger partial charge in [-0.1, -0.05) is 83.5 Å². The molecular formula is C55H99N11O19SVW-2. The molecular weight excluding hydrogens is 1390 g/mol. The fourth-order valence-electron chi connectivity index (χ4n) is 8.01. The van der Waals surface area contributed by atoms with Crippen LogP contribution in [0.3, 0.4) is 0 Å². The first kappa shape index (κ1) is 87.2. The molecule has 0 rings (SSSR count). The van der Waals surface area contributed by atoms with Crippen LogP contribution >= 0.6 is 0 Å². The van der Waals surface area contributed by atoms with Crippen LogP contribution in [0.5, 0.6) is 0 Å². The number of hydrazine groups is 1. The third-order valence-electron chi connectivity index (χ3n) is 12.8. The zero-order valence-electron chi connectivity index (χ0n) is 50.8. The van der Waals surface area contributed by atoms with E-state index in [-0.39, 0.29) is 170 Å². The van der Waals surface area contributed by atoms with Crippen molar-refractivity contribution in [2.75, 3.05) is 85.3 Å². The van der Waals surface area contributed by atoms with E-state index in [1.165, 1.54) is 51.4 Å². The molecule has 0 heterocycles. The van der Waals surface area contributed by atoms with Crippen molar-refractivity contribution in [3.05, 3.63) is 5.73 Å². The van der Waals surface area contributed by atoms with Crippen molar-refractivity contribution < 1.29 is 132 Å². The molecule has 0 aromatic carbocycles. The van der Waals surface area contributed by atoms with Gasteiger partial charge in [0.15, 0.2) is 0 Å². The van der Waals surface area contributed by atoms with E-state index in [1.807, 2.05) is 0 Å². The molecule has 0 aromatic rings. The Kier molecular flexibility index (Phi) is 59.1. The number of amides is 7. The van der Waals surface area contributed by atoms with Gasteiger partial charge in [0, 0.05) is 112 Å². The topological polar surface area (TPSA) is 461 Å². The number of aliphatic imine (C=N–C) groups is 1. The largest absolute Gasteiger partial charge is 0.698 e. The van der Waals surface area contributed by atoms with E-state index in [4.69, 9.17) is 30.5 Å². The van der Waals surface area contributed by atoms with Gasteiger partial charge in [-0.3, -0.25) is 49.6 Å². The first-order chi connectivity index (χ1) is 41.3. The van der Waals surface area contributed by atoms with E-state index in [0.717, 1.165) is 37.9 Å². The Morgan fingerprint density at radius 2 is 0.875 bits per heavy atom. The number of nitrogens with zero attached hydrogens (tertiary/aromatic N) is 1. The molecule has 0 aliphatic rings. The Morgan fingerprint density at radius 1 is 0.489 bits per heavy atom. The van der Waals surface area contributed by atoms with Crippen molar-refractivity contribution in [2.24, 2.45) is 10.8 Å². The van der Waals surface area contributed by atoms with E-state index >= 15 is 0 Å². The number of carboxylic acid groups (broad SMARTS) is 3. The average Bonchev–Trinajstić information content (AvgIpc) is 3.65. The summed E-state index contributed by atoms with van der Waals surface area (Å²) < 4.78 is 35.9. The number of amidine groups is 1. The van der Waals surface area contributed by atoms with Crippen LogP contribution in [-0.2, 0) is 122 Å². The summed E-state index contributed by atoms with van der Waals surface area (Å²) in [4.78, 5) is 135. The Hall–Kier alpha value is -4.98. The van der Waals surface area contributed by atoms with Crippen LogP contribution < -0.4 is 47.9 Å². The molecule has 0 saturated heterocycles. The van der Waals surface area contributed by atoms with Crippen molar-refractivity contribution in [1.82, 2.24) is 42.0 Å². The van der Waals surface area contributed by atoms with Crippen LogP contribution in [0.2, 0.25) is 0 Å². The molecule has 5 atom stereocenters. The first-order valence-electron chi connectivity index (χ1n) is 29.7. The molecule has 0 spiro atoms. The van der Waals surface area contributed by atoms with E-state index in [9.17, 15) is 72.3 Å². The fraction of sp³-hybridized carbons (Fsp3) is 0.782. The van der Waals surface area contributed by atoms with E-state index in [1.54, 1.807) is 13.3 Å². The van der Waals surface area contributed by atoms with Gasteiger partial charge in [0.05, 0.1) is 39.6 Å². The number of nitrogens with two attached hydrogens (primary N) is 1. The van der Waals surface area contributed by atoms with Crippen molar-refractivity contribution >= 4 is 82.4 Å². The summed E-state index contributed by atoms with van der Waals surface area (Å²) in [5.74, 6) is -1.78. The molecule has 0 fully saturated rings. The summed E-state index contributed by atoms with van der Waals surface area (Å²) in [5.41, 5.74) is 9.93. The van der Waals surface area contributed by atoms with Crippen molar-refractivity contribution in [3.8, 4) is 0 Å². The third kappa shape index (κ3) is 54.0. The van der Waals surface area contributed by atoms with Crippen molar-refractivity contribution in [3.63, 3.8) is 0 Å². The number of carbonyl (C=O) groups is 10. The van der Waals surface area contributed by atoms with Crippen LogP contribution in [0.4, 0.5) is 0 Å². The Bertz CT molecular complexity index is 2070. The molecule has 0 aliphatic carbocycles. The van der Waals surface area contributed by atoms with Gasteiger partial charge in [-0.15, -0.1) is 0 Å². The van der Waals surface area contributed by atoms with Gasteiger partial charge in [-0.05, 0) is 44.9 Å². The second-order valence-corrected chi connectivity index (χ2v) is 21.4. The van der Waals surface area contributed by atoms with E-state index in [0.29, 0.717) is 25.7 Å². The van der Waals surface area contributed by atoms with Crippen LogP contribution in [0, 0.1) is 0 Å². The van der Waals surface area contributed by atoms with Gasteiger partial charge in [-0.2, -0.15) is 0 Å². The molecule has 0 aliphatic heterocycles. The maximum Gasteiger partial charge on any atom is 0.326 e. The smallest absolute Gasteiger partial charge is 0.326 e. The summed E-state index contributed by atoms with van der Waals surface area (Å²) in [5, 5.41) is 43.1. The second kappa shape index (κ2) is 59.6. The minimum atomic E-state index is -1.68. The summed E-state index contributed by atoms with van der Waals surface area (Å²) >= 11 is 0. The predicted molar refractivity (Wildman–Crippen MR) is 319 cm³/mol. The van der Waals surface area contributed by atoms with Gasteiger partial charge < -0.3 is 82.1 Å². The Balaban J connectivity index is -0.0000120. The monoisotopic (exact) mass is 1480 g/mol. The average molecular weight is 1490 g/mol. The molecule has 14 N–H and O–H groups in total. The molecule has 1 radical (unpaired) electrons. The van der Waals surface area contributed by atoms with Gasteiger partial charge in [0.25, 0.3) is 0 Å². The number of rotatable bonds is 58. The second-order valence-electron chi connectivity index (χ2n) is 20.1.